The summed E-state index contributed by atoms with van der Waals surface area (Å²) in [6.07, 6.45) is 2.47. The van der Waals surface area contributed by atoms with Gasteiger partial charge in [0.2, 0.25) is 5.91 Å². The molecule has 18 heavy (non-hydrogen) atoms. The van der Waals surface area contributed by atoms with Crippen LogP contribution in [0, 0.1) is 5.92 Å². The molecule has 3 atom stereocenters. The molecule has 0 aromatic heterocycles. The maximum atomic E-state index is 12.4. The fourth-order valence-corrected chi connectivity index (χ4v) is 2.33. The normalized spacial score (nSPS) is 22.6. The monoisotopic (exact) mass is 257 g/mol. The first-order valence-corrected chi connectivity index (χ1v) is 6.48. The molecule has 1 aliphatic heterocycles. The number of aliphatic hydroxyl groups excluding tert-OH is 1. The van der Waals surface area contributed by atoms with Crippen LogP contribution in [0.1, 0.15) is 33.1 Å². The van der Waals surface area contributed by atoms with Crippen LogP contribution in [0.2, 0.25) is 0 Å². The SMILES string of the molecule is CCC(C)C(NC(N)=O)C(=O)N1CCC[C@@H]1CO. The van der Waals surface area contributed by atoms with E-state index in [1.54, 1.807) is 4.90 Å². The molecule has 1 rings (SSSR count). The molecule has 0 aliphatic carbocycles. The Hall–Kier alpha value is -1.30. The minimum atomic E-state index is -0.687. The molecular formula is C12H23N3O3. The second-order valence-electron chi connectivity index (χ2n) is 4.88. The Morgan fingerprint density at radius 3 is 2.72 bits per heavy atom. The molecular weight excluding hydrogens is 234 g/mol. The lowest BCUT2D eigenvalue weighted by molar-refractivity contribution is -0.136. The molecule has 6 nitrogen and oxygen atoms in total. The molecule has 0 spiro atoms. The lowest BCUT2D eigenvalue weighted by Crippen LogP contribution is -2.54. The third-order valence-corrected chi connectivity index (χ3v) is 3.65. The number of aliphatic hydroxyl groups is 1. The van der Waals surface area contributed by atoms with Gasteiger partial charge < -0.3 is 21.1 Å². The standard InChI is InChI=1S/C12H23N3O3/c1-3-8(2)10(14-12(13)18)11(17)15-6-4-5-9(15)7-16/h8-10,16H,3-7H2,1-2H3,(H3,13,14,18)/t8?,9-,10?/m1/s1. The average Bonchev–Trinajstić information content (AvgIpc) is 2.82. The number of likely N-dealkylation sites (tertiary alicyclic amines) is 1. The summed E-state index contributed by atoms with van der Waals surface area (Å²) >= 11 is 0. The summed E-state index contributed by atoms with van der Waals surface area (Å²) in [6, 6.07) is -1.41. The van der Waals surface area contributed by atoms with E-state index in [4.69, 9.17) is 5.73 Å². The van der Waals surface area contributed by atoms with Gasteiger partial charge in [0.1, 0.15) is 6.04 Å². The molecule has 1 saturated heterocycles. The molecule has 0 radical (unpaired) electrons. The number of amides is 3. The maximum Gasteiger partial charge on any atom is 0.312 e. The van der Waals surface area contributed by atoms with Gasteiger partial charge >= 0.3 is 6.03 Å². The predicted molar refractivity (Wildman–Crippen MR) is 67.8 cm³/mol. The van der Waals surface area contributed by atoms with Gasteiger partial charge in [0, 0.05) is 6.54 Å². The topological polar surface area (TPSA) is 95.7 Å². The quantitative estimate of drug-likeness (QED) is 0.649. The Kier molecular flexibility index (Phi) is 5.40. The molecule has 1 heterocycles. The third-order valence-electron chi connectivity index (χ3n) is 3.65. The van der Waals surface area contributed by atoms with Crippen LogP contribution >= 0.6 is 0 Å². The molecule has 2 unspecified atom stereocenters. The number of hydrogen-bond donors (Lipinski definition) is 3. The van der Waals surface area contributed by atoms with Crippen LogP contribution in [0.25, 0.3) is 0 Å². The van der Waals surface area contributed by atoms with Gasteiger partial charge in [0.15, 0.2) is 0 Å². The number of urea groups is 1. The van der Waals surface area contributed by atoms with Gasteiger partial charge in [-0.15, -0.1) is 0 Å². The zero-order valence-corrected chi connectivity index (χ0v) is 11.1. The van der Waals surface area contributed by atoms with E-state index in [-0.39, 0.29) is 24.5 Å². The van der Waals surface area contributed by atoms with Crippen molar-refractivity contribution in [1.29, 1.82) is 0 Å². The van der Waals surface area contributed by atoms with Crippen molar-refractivity contribution >= 4 is 11.9 Å². The van der Waals surface area contributed by atoms with Crippen molar-refractivity contribution in [1.82, 2.24) is 10.2 Å². The van der Waals surface area contributed by atoms with E-state index in [0.29, 0.717) is 6.54 Å². The van der Waals surface area contributed by atoms with Gasteiger partial charge in [-0.3, -0.25) is 4.79 Å². The van der Waals surface area contributed by atoms with E-state index in [1.165, 1.54) is 0 Å². The number of nitrogens with zero attached hydrogens (tertiary/aromatic N) is 1. The first-order chi connectivity index (χ1) is 8.51. The Morgan fingerprint density at radius 1 is 1.56 bits per heavy atom. The second-order valence-corrected chi connectivity index (χ2v) is 4.88. The fourth-order valence-electron chi connectivity index (χ4n) is 2.33. The van der Waals surface area contributed by atoms with E-state index >= 15 is 0 Å². The van der Waals surface area contributed by atoms with Crippen molar-refractivity contribution in [2.24, 2.45) is 11.7 Å². The second kappa shape index (κ2) is 6.58. The van der Waals surface area contributed by atoms with Gasteiger partial charge in [0.05, 0.1) is 12.6 Å². The smallest absolute Gasteiger partial charge is 0.312 e. The summed E-state index contributed by atoms with van der Waals surface area (Å²) < 4.78 is 0. The highest BCUT2D eigenvalue weighted by atomic mass is 16.3. The summed E-state index contributed by atoms with van der Waals surface area (Å²) in [6.45, 7) is 4.47. The minimum absolute atomic E-state index is 0.0185. The molecule has 3 amide bonds. The zero-order chi connectivity index (χ0) is 13.7. The number of rotatable bonds is 5. The number of carbonyl (C=O) groups excluding carboxylic acids is 2. The van der Waals surface area contributed by atoms with Crippen molar-refractivity contribution in [3.63, 3.8) is 0 Å². The van der Waals surface area contributed by atoms with Crippen LogP contribution in [0.3, 0.4) is 0 Å². The van der Waals surface area contributed by atoms with E-state index < -0.39 is 12.1 Å². The molecule has 0 bridgehead atoms. The number of carbonyl (C=O) groups is 2. The summed E-state index contributed by atoms with van der Waals surface area (Å²) in [5, 5.41) is 11.8. The first-order valence-electron chi connectivity index (χ1n) is 6.48. The summed E-state index contributed by atoms with van der Waals surface area (Å²) in [7, 11) is 0. The number of nitrogens with two attached hydrogens (primary N) is 1. The van der Waals surface area contributed by atoms with Gasteiger partial charge in [-0.1, -0.05) is 20.3 Å². The lowest BCUT2D eigenvalue weighted by atomic mass is 9.97. The first kappa shape index (κ1) is 14.8. The number of primary amides is 1. The zero-order valence-electron chi connectivity index (χ0n) is 11.1. The lowest BCUT2D eigenvalue weighted by Gasteiger charge is -2.30. The maximum absolute atomic E-state index is 12.4. The van der Waals surface area contributed by atoms with Gasteiger partial charge in [0.25, 0.3) is 0 Å². The van der Waals surface area contributed by atoms with E-state index in [2.05, 4.69) is 5.32 Å². The van der Waals surface area contributed by atoms with Crippen molar-refractivity contribution < 1.29 is 14.7 Å². The molecule has 4 N–H and O–H groups in total. The molecule has 0 saturated carbocycles. The van der Waals surface area contributed by atoms with Crippen LogP contribution in [-0.4, -0.2) is 47.2 Å². The highest BCUT2D eigenvalue weighted by Crippen LogP contribution is 2.20. The van der Waals surface area contributed by atoms with Gasteiger partial charge in [-0.25, -0.2) is 4.79 Å². The van der Waals surface area contributed by atoms with Crippen LogP contribution < -0.4 is 11.1 Å². The molecule has 0 aromatic rings. The average molecular weight is 257 g/mol. The van der Waals surface area contributed by atoms with Gasteiger partial charge in [-0.2, -0.15) is 0 Å². The van der Waals surface area contributed by atoms with E-state index in [1.807, 2.05) is 13.8 Å². The Morgan fingerprint density at radius 2 is 2.22 bits per heavy atom. The van der Waals surface area contributed by atoms with Crippen LogP contribution in [-0.2, 0) is 4.79 Å². The Bertz CT molecular complexity index is 309. The summed E-state index contributed by atoms with van der Waals surface area (Å²) in [4.78, 5) is 25.0. The number of hydrogen-bond acceptors (Lipinski definition) is 3. The largest absolute Gasteiger partial charge is 0.394 e. The molecule has 1 aliphatic rings. The summed E-state index contributed by atoms with van der Waals surface area (Å²) in [5.41, 5.74) is 5.12. The highest BCUT2D eigenvalue weighted by molar-refractivity contribution is 5.87. The van der Waals surface area contributed by atoms with Crippen molar-refractivity contribution in [3.8, 4) is 0 Å². The summed E-state index contributed by atoms with van der Waals surface area (Å²) in [5.74, 6) is -0.121. The predicted octanol–water partition coefficient (Wildman–Crippen LogP) is 0.0527. The van der Waals surface area contributed by atoms with Crippen molar-refractivity contribution in [3.05, 3.63) is 0 Å². The van der Waals surface area contributed by atoms with Crippen LogP contribution in [0.5, 0.6) is 0 Å². The van der Waals surface area contributed by atoms with Gasteiger partial charge in [-0.05, 0) is 18.8 Å². The molecule has 6 heteroatoms. The Labute approximate surface area is 108 Å². The van der Waals surface area contributed by atoms with E-state index in [0.717, 1.165) is 19.3 Å². The molecule has 0 aromatic carbocycles. The van der Waals surface area contributed by atoms with Crippen LogP contribution in [0.15, 0.2) is 0 Å². The third kappa shape index (κ3) is 3.35. The Balaban J connectivity index is 2.77. The van der Waals surface area contributed by atoms with Crippen molar-refractivity contribution in [2.75, 3.05) is 13.2 Å². The molecule has 1 fully saturated rings. The van der Waals surface area contributed by atoms with Crippen LogP contribution in [0.4, 0.5) is 4.79 Å². The fraction of sp³-hybridized carbons (Fsp3) is 0.833. The minimum Gasteiger partial charge on any atom is -0.394 e. The highest BCUT2D eigenvalue weighted by Gasteiger charge is 2.35. The van der Waals surface area contributed by atoms with E-state index in [9.17, 15) is 14.7 Å². The number of nitrogens with one attached hydrogen (secondary N) is 1. The van der Waals surface area contributed by atoms with Crippen molar-refractivity contribution in [2.45, 2.75) is 45.2 Å². The molecule has 104 valence electrons.